The molecule has 2 aromatic rings. The van der Waals surface area contributed by atoms with Crippen LogP contribution < -0.4 is 10.6 Å². The molecule has 0 aromatic carbocycles. The van der Waals surface area contributed by atoms with Gasteiger partial charge in [0.2, 0.25) is 11.9 Å². The molecule has 3 heterocycles. The van der Waals surface area contributed by atoms with Gasteiger partial charge in [-0.2, -0.15) is 10.1 Å². The molecule has 1 fully saturated rings. The van der Waals surface area contributed by atoms with Crippen molar-refractivity contribution in [2.75, 3.05) is 18.4 Å². The molecule has 0 unspecified atom stereocenters. The van der Waals surface area contributed by atoms with Crippen LogP contribution in [0.2, 0.25) is 4.34 Å². The lowest BCUT2D eigenvalue weighted by atomic mass is 9.98. The average Bonchev–Trinajstić information content (AvgIpc) is 3.13. The zero-order valence-electron chi connectivity index (χ0n) is 13.0. The van der Waals surface area contributed by atoms with Gasteiger partial charge in [0.25, 0.3) is 0 Å². The minimum absolute atomic E-state index is 0.0538. The van der Waals surface area contributed by atoms with Crippen LogP contribution in [0.3, 0.4) is 0 Å². The van der Waals surface area contributed by atoms with Crippen LogP contribution in [0.4, 0.5) is 5.95 Å². The van der Waals surface area contributed by atoms with Crippen LogP contribution in [-0.2, 0) is 18.3 Å². The maximum Gasteiger partial charge on any atom is 0.227 e. The molecule has 1 aliphatic heterocycles. The summed E-state index contributed by atoms with van der Waals surface area (Å²) < 4.78 is 2.40. The van der Waals surface area contributed by atoms with E-state index in [9.17, 15) is 4.79 Å². The zero-order chi connectivity index (χ0) is 16.2. The molecule has 2 N–H and O–H groups in total. The molecule has 23 heavy (non-hydrogen) atoms. The molecule has 1 amide bonds. The van der Waals surface area contributed by atoms with Crippen molar-refractivity contribution in [3.8, 4) is 0 Å². The predicted octanol–water partition coefficient (Wildman–Crippen LogP) is 2.57. The van der Waals surface area contributed by atoms with E-state index in [4.69, 9.17) is 11.6 Å². The molecule has 0 saturated carbocycles. The number of carbonyl (C=O) groups is 1. The molecule has 0 spiro atoms. The van der Waals surface area contributed by atoms with Crippen molar-refractivity contribution in [3.63, 3.8) is 0 Å². The number of hydrogen-bond acceptors (Lipinski definition) is 5. The minimum atomic E-state index is -0.0538. The lowest BCUT2D eigenvalue weighted by Gasteiger charge is -2.19. The van der Waals surface area contributed by atoms with E-state index in [1.807, 2.05) is 19.2 Å². The quantitative estimate of drug-likeness (QED) is 0.866. The van der Waals surface area contributed by atoms with Gasteiger partial charge in [0, 0.05) is 24.3 Å². The SMILES string of the molecule is Cn1nc(C2CCNCC2)nc1NC(=O)CCc1ccc(Cl)s1. The van der Waals surface area contributed by atoms with Crippen molar-refractivity contribution >= 4 is 34.8 Å². The van der Waals surface area contributed by atoms with Crippen LogP contribution >= 0.6 is 22.9 Å². The van der Waals surface area contributed by atoms with Gasteiger partial charge >= 0.3 is 0 Å². The molecule has 6 nitrogen and oxygen atoms in total. The summed E-state index contributed by atoms with van der Waals surface area (Å²) in [5.41, 5.74) is 0. The average molecular weight is 354 g/mol. The Balaban J connectivity index is 1.56. The van der Waals surface area contributed by atoms with Gasteiger partial charge in [-0.3, -0.25) is 10.1 Å². The first-order valence-electron chi connectivity index (χ1n) is 7.77. The van der Waals surface area contributed by atoms with Gasteiger partial charge in [-0.1, -0.05) is 11.6 Å². The van der Waals surface area contributed by atoms with E-state index in [0.29, 0.717) is 24.7 Å². The van der Waals surface area contributed by atoms with E-state index in [0.717, 1.165) is 41.0 Å². The molecule has 8 heteroatoms. The van der Waals surface area contributed by atoms with Crippen LogP contribution in [0.15, 0.2) is 12.1 Å². The summed E-state index contributed by atoms with van der Waals surface area (Å²) in [6.45, 7) is 1.99. The summed E-state index contributed by atoms with van der Waals surface area (Å²) in [7, 11) is 1.81. The fourth-order valence-electron chi connectivity index (χ4n) is 2.68. The van der Waals surface area contributed by atoms with Crippen molar-refractivity contribution < 1.29 is 4.79 Å². The normalized spacial score (nSPS) is 15.7. The smallest absolute Gasteiger partial charge is 0.227 e. The number of amides is 1. The van der Waals surface area contributed by atoms with Gasteiger partial charge in [-0.15, -0.1) is 11.3 Å². The van der Waals surface area contributed by atoms with Gasteiger partial charge in [0.15, 0.2) is 5.82 Å². The van der Waals surface area contributed by atoms with Crippen molar-refractivity contribution in [3.05, 3.63) is 27.2 Å². The van der Waals surface area contributed by atoms with Crippen molar-refractivity contribution in [2.24, 2.45) is 7.05 Å². The highest BCUT2D eigenvalue weighted by Gasteiger charge is 2.21. The third kappa shape index (κ3) is 4.31. The Hall–Kier alpha value is -1.44. The number of rotatable bonds is 5. The Kier molecular flexibility index (Phi) is 5.30. The van der Waals surface area contributed by atoms with E-state index in [-0.39, 0.29) is 5.91 Å². The van der Waals surface area contributed by atoms with Crippen molar-refractivity contribution in [2.45, 2.75) is 31.6 Å². The topological polar surface area (TPSA) is 71.8 Å². The molecule has 3 rings (SSSR count). The van der Waals surface area contributed by atoms with Gasteiger partial charge in [0.1, 0.15) is 0 Å². The number of piperidine rings is 1. The molecule has 1 saturated heterocycles. The monoisotopic (exact) mass is 353 g/mol. The first-order valence-corrected chi connectivity index (χ1v) is 8.97. The second-order valence-electron chi connectivity index (χ2n) is 5.70. The number of thiophene rings is 1. The predicted molar refractivity (Wildman–Crippen MR) is 92.1 cm³/mol. The summed E-state index contributed by atoms with van der Waals surface area (Å²) in [6.07, 6.45) is 3.17. The summed E-state index contributed by atoms with van der Waals surface area (Å²) in [6, 6.07) is 3.81. The molecule has 0 atom stereocenters. The Labute approximate surface area is 144 Å². The number of nitrogens with one attached hydrogen (secondary N) is 2. The maximum atomic E-state index is 12.1. The second-order valence-corrected chi connectivity index (χ2v) is 7.50. The zero-order valence-corrected chi connectivity index (χ0v) is 14.6. The lowest BCUT2D eigenvalue weighted by molar-refractivity contribution is -0.116. The Bertz CT molecular complexity index is 677. The fraction of sp³-hybridized carbons (Fsp3) is 0.533. The number of aromatic nitrogens is 3. The van der Waals surface area contributed by atoms with E-state index < -0.39 is 0 Å². The van der Waals surface area contributed by atoms with Crippen LogP contribution in [0, 0.1) is 0 Å². The van der Waals surface area contributed by atoms with E-state index in [2.05, 4.69) is 20.7 Å². The molecule has 0 bridgehead atoms. The molecule has 0 radical (unpaired) electrons. The summed E-state index contributed by atoms with van der Waals surface area (Å²) in [5.74, 6) is 1.67. The lowest BCUT2D eigenvalue weighted by Crippen LogP contribution is -2.27. The Morgan fingerprint density at radius 1 is 1.48 bits per heavy atom. The first-order chi connectivity index (χ1) is 11.1. The number of nitrogens with zero attached hydrogens (tertiary/aromatic N) is 3. The first kappa shape index (κ1) is 16.4. The highest BCUT2D eigenvalue weighted by atomic mass is 35.5. The molecular formula is C15H20ClN5OS. The molecule has 124 valence electrons. The van der Waals surface area contributed by atoms with Crippen molar-refractivity contribution in [1.82, 2.24) is 20.1 Å². The summed E-state index contributed by atoms with van der Waals surface area (Å²) >= 11 is 7.40. The Morgan fingerprint density at radius 2 is 2.26 bits per heavy atom. The molecule has 0 aliphatic carbocycles. The number of anilines is 1. The molecular weight excluding hydrogens is 334 g/mol. The molecule has 1 aliphatic rings. The van der Waals surface area contributed by atoms with E-state index in [1.165, 1.54) is 11.3 Å². The third-order valence-corrected chi connectivity index (χ3v) is 5.25. The van der Waals surface area contributed by atoms with Crippen LogP contribution in [0.1, 0.15) is 35.9 Å². The van der Waals surface area contributed by atoms with Gasteiger partial charge in [-0.05, 0) is 44.5 Å². The minimum Gasteiger partial charge on any atom is -0.317 e. The number of aryl methyl sites for hydroxylation is 2. The van der Waals surface area contributed by atoms with Crippen LogP contribution in [0.25, 0.3) is 0 Å². The van der Waals surface area contributed by atoms with E-state index in [1.54, 1.807) is 4.68 Å². The number of hydrogen-bond donors (Lipinski definition) is 2. The standard InChI is InChI=1S/C15H20ClN5OS/c1-21-15(19-14(20-21)10-6-8-17-9-7-10)18-13(22)5-3-11-2-4-12(16)23-11/h2,4,10,17H,3,5-9H2,1H3,(H,18,19,20,22). The summed E-state index contributed by atoms with van der Waals surface area (Å²) in [5, 5.41) is 10.6. The number of carbonyl (C=O) groups excluding carboxylic acids is 1. The fourth-order valence-corrected chi connectivity index (χ4v) is 3.76. The third-order valence-electron chi connectivity index (χ3n) is 3.96. The largest absolute Gasteiger partial charge is 0.317 e. The number of halogens is 1. The second kappa shape index (κ2) is 7.42. The Morgan fingerprint density at radius 3 is 2.96 bits per heavy atom. The highest BCUT2D eigenvalue weighted by Crippen LogP contribution is 2.24. The summed E-state index contributed by atoms with van der Waals surface area (Å²) in [4.78, 5) is 17.7. The molecule has 2 aromatic heterocycles. The van der Waals surface area contributed by atoms with Gasteiger partial charge in [-0.25, -0.2) is 4.68 Å². The van der Waals surface area contributed by atoms with Crippen LogP contribution in [-0.4, -0.2) is 33.8 Å². The van der Waals surface area contributed by atoms with Gasteiger partial charge < -0.3 is 5.32 Å². The highest BCUT2D eigenvalue weighted by molar-refractivity contribution is 7.16. The van der Waals surface area contributed by atoms with E-state index >= 15 is 0 Å². The maximum absolute atomic E-state index is 12.1. The van der Waals surface area contributed by atoms with Crippen molar-refractivity contribution in [1.29, 1.82) is 0 Å². The van der Waals surface area contributed by atoms with Gasteiger partial charge in [0.05, 0.1) is 4.34 Å². The van der Waals surface area contributed by atoms with Crippen LogP contribution in [0.5, 0.6) is 0 Å².